The standard InChI is InChI=1S/C25H37NO4/c1-2-29-25-21(14-9-17-27)22(20-12-7-4-8-13-20)18-23(30-25)24(28)26-16-15-19-10-5-3-6-11-19/h3,5-6,10-11,18,20-22,25,27H,2,4,7-9,12-17H2,1H3,(H,26,28)/t21-,22-,25-/m1/s1. The molecule has 1 fully saturated rings. The fourth-order valence-electron chi connectivity index (χ4n) is 4.90. The first kappa shape index (κ1) is 22.8. The van der Waals surface area contributed by atoms with Gasteiger partial charge in [-0.15, -0.1) is 0 Å². The van der Waals surface area contributed by atoms with E-state index >= 15 is 0 Å². The van der Waals surface area contributed by atoms with Gasteiger partial charge < -0.3 is 19.9 Å². The van der Waals surface area contributed by atoms with Crippen LogP contribution in [0, 0.1) is 17.8 Å². The summed E-state index contributed by atoms with van der Waals surface area (Å²) in [6.45, 7) is 3.24. The third-order valence-corrected chi connectivity index (χ3v) is 6.42. The van der Waals surface area contributed by atoms with Crippen molar-refractivity contribution >= 4 is 5.91 Å². The van der Waals surface area contributed by atoms with Gasteiger partial charge in [-0.2, -0.15) is 0 Å². The molecule has 166 valence electrons. The Bertz CT molecular complexity index is 669. The zero-order valence-electron chi connectivity index (χ0n) is 18.2. The van der Waals surface area contributed by atoms with Gasteiger partial charge in [0.25, 0.3) is 5.91 Å². The van der Waals surface area contributed by atoms with Crippen LogP contribution in [0.15, 0.2) is 42.2 Å². The zero-order valence-corrected chi connectivity index (χ0v) is 18.2. The molecule has 30 heavy (non-hydrogen) atoms. The van der Waals surface area contributed by atoms with Crippen LogP contribution in [0.2, 0.25) is 0 Å². The fourth-order valence-corrected chi connectivity index (χ4v) is 4.90. The average Bonchev–Trinajstić information content (AvgIpc) is 2.79. The molecule has 2 N–H and O–H groups in total. The highest BCUT2D eigenvalue weighted by Crippen LogP contribution is 2.42. The van der Waals surface area contributed by atoms with Crippen LogP contribution in [0.4, 0.5) is 0 Å². The van der Waals surface area contributed by atoms with Crippen molar-refractivity contribution in [3.05, 3.63) is 47.7 Å². The second-order valence-corrected chi connectivity index (χ2v) is 8.47. The Morgan fingerprint density at radius 3 is 2.67 bits per heavy atom. The molecule has 5 heteroatoms. The highest BCUT2D eigenvalue weighted by molar-refractivity contribution is 5.91. The van der Waals surface area contributed by atoms with E-state index in [1.165, 1.54) is 37.7 Å². The van der Waals surface area contributed by atoms with E-state index < -0.39 is 6.29 Å². The molecule has 1 aromatic carbocycles. The van der Waals surface area contributed by atoms with Crippen molar-refractivity contribution in [1.29, 1.82) is 0 Å². The van der Waals surface area contributed by atoms with Gasteiger partial charge in [0, 0.05) is 25.7 Å². The number of nitrogens with one attached hydrogen (secondary N) is 1. The minimum Gasteiger partial charge on any atom is -0.459 e. The maximum atomic E-state index is 12.9. The summed E-state index contributed by atoms with van der Waals surface area (Å²) in [5, 5.41) is 12.4. The zero-order chi connectivity index (χ0) is 21.2. The first-order valence-electron chi connectivity index (χ1n) is 11.7. The number of amides is 1. The minimum atomic E-state index is -0.423. The number of carbonyl (C=O) groups excluding carboxylic acids is 1. The van der Waals surface area contributed by atoms with Crippen LogP contribution in [-0.2, 0) is 20.7 Å². The molecule has 1 saturated carbocycles. The number of hydrogen-bond donors (Lipinski definition) is 2. The Hall–Kier alpha value is -1.85. The molecule has 0 unspecified atom stereocenters. The summed E-state index contributed by atoms with van der Waals surface area (Å²) in [7, 11) is 0. The summed E-state index contributed by atoms with van der Waals surface area (Å²) in [6.07, 6.45) is 10.2. The van der Waals surface area contributed by atoms with Gasteiger partial charge in [-0.25, -0.2) is 0 Å². The molecule has 0 aromatic heterocycles. The SMILES string of the molecule is CCO[C@@H]1OC(C(=O)NCCc2ccccc2)=C[C@H](C2CCCCC2)[C@H]1CCCO. The Balaban J connectivity index is 1.70. The molecule has 1 aromatic rings. The number of benzene rings is 1. The van der Waals surface area contributed by atoms with Crippen molar-refractivity contribution in [2.24, 2.45) is 17.8 Å². The van der Waals surface area contributed by atoms with Crippen molar-refractivity contribution in [1.82, 2.24) is 5.32 Å². The van der Waals surface area contributed by atoms with E-state index in [9.17, 15) is 9.90 Å². The third-order valence-electron chi connectivity index (χ3n) is 6.42. The first-order chi connectivity index (χ1) is 14.7. The minimum absolute atomic E-state index is 0.156. The van der Waals surface area contributed by atoms with Crippen LogP contribution in [0.3, 0.4) is 0 Å². The number of hydrogen-bond acceptors (Lipinski definition) is 4. The summed E-state index contributed by atoms with van der Waals surface area (Å²) < 4.78 is 12.0. The summed E-state index contributed by atoms with van der Waals surface area (Å²) in [4.78, 5) is 12.9. The van der Waals surface area contributed by atoms with Crippen LogP contribution >= 0.6 is 0 Å². The molecule has 3 rings (SSSR count). The monoisotopic (exact) mass is 415 g/mol. The Morgan fingerprint density at radius 2 is 1.97 bits per heavy atom. The normalized spacial score (nSPS) is 24.7. The van der Waals surface area contributed by atoms with Crippen LogP contribution in [0.25, 0.3) is 0 Å². The Kier molecular flexibility index (Phi) is 9.22. The van der Waals surface area contributed by atoms with Crippen molar-refractivity contribution in [2.75, 3.05) is 19.8 Å². The van der Waals surface area contributed by atoms with Gasteiger partial charge >= 0.3 is 0 Å². The molecule has 1 amide bonds. The summed E-state index contributed by atoms with van der Waals surface area (Å²) in [5.41, 5.74) is 1.20. The predicted octanol–water partition coefficient (Wildman–Crippen LogP) is 4.21. The number of rotatable bonds is 10. The van der Waals surface area contributed by atoms with E-state index in [1.54, 1.807) is 0 Å². The maximum Gasteiger partial charge on any atom is 0.286 e. The maximum absolute atomic E-state index is 12.9. The number of aliphatic hydroxyl groups is 1. The number of allylic oxidation sites excluding steroid dienone is 1. The number of aliphatic hydroxyl groups excluding tert-OH is 1. The summed E-state index contributed by atoms with van der Waals surface area (Å²) in [5.74, 6) is 1.24. The van der Waals surface area contributed by atoms with Gasteiger partial charge in [-0.1, -0.05) is 49.6 Å². The molecule has 0 radical (unpaired) electrons. The molecular weight excluding hydrogens is 378 g/mol. The largest absolute Gasteiger partial charge is 0.459 e. The highest BCUT2D eigenvalue weighted by Gasteiger charge is 2.40. The predicted molar refractivity (Wildman–Crippen MR) is 118 cm³/mol. The first-order valence-corrected chi connectivity index (χ1v) is 11.7. The van der Waals surface area contributed by atoms with E-state index in [4.69, 9.17) is 9.47 Å². The van der Waals surface area contributed by atoms with E-state index in [-0.39, 0.29) is 24.3 Å². The molecule has 1 heterocycles. The lowest BCUT2D eigenvalue weighted by Gasteiger charge is -2.41. The van der Waals surface area contributed by atoms with E-state index in [0.29, 0.717) is 24.8 Å². The molecule has 0 bridgehead atoms. The second kappa shape index (κ2) is 12.1. The summed E-state index contributed by atoms with van der Waals surface area (Å²) in [6, 6.07) is 10.2. The van der Waals surface area contributed by atoms with Crippen molar-refractivity contribution < 1.29 is 19.4 Å². The molecule has 1 aliphatic heterocycles. The highest BCUT2D eigenvalue weighted by atomic mass is 16.7. The van der Waals surface area contributed by atoms with Crippen LogP contribution in [0.5, 0.6) is 0 Å². The smallest absolute Gasteiger partial charge is 0.286 e. The topological polar surface area (TPSA) is 67.8 Å². The van der Waals surface area contributed by atoms with Gasteiger partial charge in [0.2, 0.25) is 6.29 Å². The molecule has 0 spiro atoms. The van der Waals surface area contributed by atoms with Gasteiger partial charge in [0.05, 0.1) is 0 Å². The van der Waals surface area contributed by atoms with Gasteiger partial charge in [-0.3, -0.25) is 4.79 Å². The number of ether oxygens (including phenoxy) is 2. The molecule has 1 aliphatic carbocycles. The quantitative estimate of drug-likeness (QED) is 0.601. The van der Waals surface area contributed by atoms with E-state index in [1.807, 2.05) is 25.1 Å². The van der Waals surface area contributed by atoms with E-state index in [0.717, 1.165) is 19.3 Å². The van der Waals surface area contributed by atoms with Crippen LogP contribution in [-0.4, -0.2) is 37.1 Å². The fraction of sp³-hybridized carbons (Fsp3) is 0.640. The van der Waals surface area contributed by atoms with E-state index in [2.05, 4.69) is 23.5 Å². The third kappa shape index (κ3) is 6.32. The van der Waals surface area contributed by atoms with Crippen molar-refractivity contribution in [2.45, 2.75) is 64.6 Å². The molecule has 5 nitrogen and oxygen atoms in total. The summed E-state index contributed by atoms with van der Waals surface area (Å²) >= 11 is 0. The van der Waals surface area contributed by atoms with Crippen LogP contribution in [0.1, 0.15) is 57.4 Å². The average molecular weight is 416 g/mol. The lowest BCUT2D eigenvalue weighted by atomic mass is 9.71. The van der Waals surface area contributed by atoms with Gasteiger partial charge in [0.15, 0.2) is 5.76 Å². The van der Waals surface area contributed by atoms with Crippen LogP contribution < -0.4 is 5.32 Å². The molecular formula is C25H37NO4. The van der Waals surface area contributed by atoms with Gasteiger partial charge in [0.1, 0.15) is 0 Å². The Morgan fingerprint density at radius 1 is 1.20 bits per heavy atom. The van der Waals surface area contributed by atoms with Crippen molar-refractivity contribution in [3.63, 3.8) is 0 Å². The lowest BCUT2D eigenvalue weighted by molar-refractivity contribution is -0.176. The molecule has 3 atom stereocenters. The van der Waals surface area contributed by atoms with Crippen molar-refractivity contribution in [3.8, 4) is 0 Å². The number of carbonyl (C=O) groups is 1. The second-order valence-electron chi connectivity index (χ2n) is 8.47. The Labute approximate surface area is 180 Å². The molecule has 2 aliphatic rings. The van der Waals surface area contributed by atoms with Gasteiger partial charge in [-0.05, 0) is 62.5 Å². The lowest BCUT2D eigenvalue weighted by Crippen LogP contribution is -2.42. The molecule has 0 saturated heterocycles.